The molecule has 0 aliphatic carbocycles. The first-order valence-corrected chi connectivity index (χ1v) is 7.25. The summed E-state index contributed by atoms with van der Waals surface area (Å²) in [5, 5.41) is 3.57. The molecule has 1 N–H and O–H groups in total. The van der Waals surface area contributed by atoms with Gasteiger partial charge in [-0.1, -0.05) is 17.7 Å². The molecule has 1 aromatic heterocycles. The van der Waals surface area contributed by atoms with Crippen molar-refractivity contribution in [3.63, 3.8) is 0 Å². The predicted molar refractivity (Wildman–Crippen MR) is 83.1 cm³/mol. The summed E-state index contributed by atoms with van der Waals surface area (Å²) in [5.74, 6) is 1.13. The zero-order valence-corrected chi connectivity index (χ0v) is 13.2. The van der Waals surface area contributed by atoms with E-state index in [2.05, 4.69) is 37.9 Å². The van der Waals surface area contributed by atoms with E-state index in [4.69, 9.17) is 11.6 Å². The topological polar surface area (TPSA) is 37.8 Å². The van der Waals surface area contributed by atoms with Gasteiger partial charge < -0.3 is 5.32 Å². The summed E-state index contributed by atoms with van der Waals surface area (Å²) in [6, 6.07) is 4.35. The minimum atomic E-state index is -0.342. The third-order valence-corrected chi connectivity index (χ3v) is 3.64. The van der Waals surface area contributed by atoms with Crippen LogP contribution in [0.5, 0.6) is 0 Å². The second kappa shape index (κ2) is 6.47. The Morgan fingerprint density at radius 2 is 2.21 bits per heavy atom. The molecule has 0 spiro atoms. The predicted octanol–water partition coefficient (Wildman–Crippen LogP) is 3.90. The standard InChI is InChI=1S/C13H12ClFIN3/c1-2-17-13-11(16)7-18-12(19-13)5-8-3-4-9(15)6-10(8)14/h3-4,6-7H,2,5H2,1H3,(H,17,18,19). The van der Waals surface area contributed by atoms with Gasteiger partial charge in [0.2, 0.25) is 0 Å². The van der Waals surface area contributed by atoms with Crippen molar-refractivity contribution >= 4 is 40.0 Å². The van der Waals surface area contributed by atoms with Crippen LogP contribution in [-0.2, 0) is 6.42 Å². The molecule has 1 heterocycles. The second-order valence-electron chi connectivity index (χ2n) is 3.93. The summed E-state index contributed by atoms with van der Waals surface area (Å²) in [4.78, 5) is 8.71. The van der Waals surface area contributed by atoms with Crippen molar-refractivity contribution in [2.75, 3.05) is 11.9 Å². The molecule has 2 aromatic rings. The van der Waals surface area contributed by atoms with Gasteiger partial charge in [-0.3, -0.25) is 0 Å². The molecule has 0 radical (unpaired) electrons. The number of nitrogens with zero attached hydrogens (tertiary/aromatic N) is 2. The zero-order chi connectivity index (χ0) is 13.8. The van der Waals surface area contributed by atoms with E-state index in [1.54, 1.807) is 12.3 Å². The number of hydrogen-bond donors (Lipinski definition) is 1. The maximum absolute atomic E-state index is 13.0. The van der Waals surface area contributed by atoms with Crippen LogP contribution in [0.1, 0.15) is 18.3 Å². The molecule has 2 rings (SSSR count). The molecule has 0 saturated heterocycles. The minimum Gasteiger partial charge on any atom is -0.369 e. The minimum absolute atomic E-state index is 0.342. The lowest BCUT2D eigenvalue weighted by atomic mass is 10.1. The SMILES string of the molecule is CCNc1nc(Cc2ccc(F)cc2Cl)ncc1I. The third-order valence-electron chi connectivity index (χ3n) is 2.50. The summed E-state index contributed by atoms with van der Waals surface area (Å²) >= 11 is 8.18. The molecule has 0 aliphatic heterocycles. The van der Waals surface area contributed by atoms with E-state index in [0.717, 1.165) is 21.5 Å². The van der Waals surface area contributed by atoms with Crippen molar-refractivity contribution in [1.29, 1.82) is 0 Å². The highest BCUT2D eigenvalue weighted by molar-refractivity contribution is 14.1. The van der Waals surface area contributed by atoms with Gasteiger partial charge in [-0.15, -0.1) is 0 Å². The third kappa shape index (κ3) is 3.76. The maximum atomic E-state index is 13.0. The van der Waals surface area contributed by atoms with Crippen LogP contribution in [0.3, 0.4) is 0 Å². The van der Waals surface area contributed by atoms with Gasteiger partial charge in [-0.2, -0.15) is 0 Å². The lowest BCUT2D eigenvalue weighted by Gasteiger charge is -2.08. The van der Waals surface area contributed by atoms with Crippen LogP contribution in [0, 0.1) is 9.39 Å². The van der Waals surface area contributed by atoms with Crippen molar-refractivity contribution in [1.82, 2.24) is 9.97 Å². The Hall–Kier alpha value is -0.950. The number of rotatable bonds is 4. The zero-order valence-electron chi connectivity index (χ0n) is 10.3. The Morgan fingerprint density at radius 3 is 2.89 bits per heavy atom. The summed E-state index contributed by atoms with van der Waals surface area (Å²) in [5.41, 5.74) is 0.812. The van der Waals surface area contributed by atoms with E-state index in [9.17, 15) is 4.39 Å². The van der Waals surface area contributed by atoms with Crippen LogP contribution in [-0.4, -0.2) is 16.5 Å². The van der Waals surface area contributed by atoms with E-state index in [-0.39, 0.29) is 5.82 Å². The molecular formula is C13H12ClFIN3. The van der Waals surface area contributed by atoms with Gasteiger partial charge in [0.15, 0.2) is 0 Å². The number of benzene rings is 1. The molecule has 0 bridgehead atoms. The summed E-state index contributed by atoms with van der Waals surface area (Å²) < 4.78 is 13.9. The van der Waals surface area contributed by atoms with E-state index < -0.39 is 0 Å². The Labute approximate surface area is 129 Å². The van der Waals surface area contributed by atoms with Crippen molar-refractivity contribution in [3.05, 3.63) is 50.2 Å². The Bertz CT molecular complexity index is 592. The van der Waals surface area contributed by atoms with Gasteiger partial charge in [0, 0.05) is 24.2 Å². The fourth-order valence-electron chi connectivity index (χ4n) is 1.62. The molecule has 0 atom stereocenters. The van der Waals surface area contributed by atoms with E-state index in [0.29, 0.717) is 17.3 Å². The average Bonchev–Trinajstić information content (AvgIpc) is 2.37. The van der Waals surface area contributed by atoms with Crippen LogP contribution >= 0.6 is 34.2 Å². The van der Waals surface area contributed by atoms with Crippen LogP contribution in [0.25, 0.3) is 0 Å². The molecule has 0 amide bonds. The van der Waals surface area contributed by atoms with E-state index >= 15 is 0 Å². The molecule has 0 aliphatic rings. The van der Waals surface area contributed by atoms with Crippen LogP contribution < -0.4 is 5.32 Å². The van der Waals surface area contributed by atoms with E-state index in [1.165, 1.54) is 12.1 Å². The molecule has 0 fully saturated rings. The molecule has 1 aromatic carbocycles. The van der Waals surface area contributed by atoms with Gasteiger partial charge in [-0.05, 0) is 47.2 Å². The fraction of sp³-hybridized carbons (Fsp3) is 0.231. The highest BCUT2D eigenvalue weighted by Crippen LogP contribution is 2.21. The molecule has 19 heavy (non-hydrogen) atoms. The second-order valence-corrected chi connectivity index (χ2v) is 5.50. The average molecular weight is 392 g/mol. The number of hydrogen-bond acceptors (Lipinski definition) is 3. The van der Waals surface area contributed by atoms with Crippen molar-refractivity contribution in [2.45, 2.75) is 13.3 Å². The smallest absolute Gasteiger partial charge is 0.143 e. The molecule has 100 valence electrons. The Kier molecular flexibility index (Phi) is 4.93. The highest BCUT2D eigenvalue weighted by atomic mass is 127. The normalized spacial score (nSPS) is 10.5. The Morgan fingerprint density at radius 1 is 1.42 bits per heavy atom. The highest BCUT2D eigenvalue weighted by Gasteiger charge is 2.08. The van der Waals surface area contributed by atoms with Crippen LogP contribution in [0.2, 0.25) is 5.02 Å². The van der Waals surface area contributed by atoms with Gasteiger partial charge >= 0.3 is 0 Å². The van der Waals surface area contributed by atoms with Gasteiger partial charge in [-0.25, -0.2) is 14.4 Å². The number of anilines is 1. The lowest BCUT2D eigenvalue weighted by Crippen LogP contribution is -2.06. The molecular weight excluding hydrogens is 380 g/mol. The summed E-state index contributed by atoms with van der Waals surface area (Å²) in [6.07, 6.45) is 2.24. The largest absolute Gasteiger partial charge is 0.369 e. The molecule has 0 unspecified atom stereocenters. The molecule has 6 heteroatoms. The molecule has 0 saturated carbocycles. The number of halogens is 3. The van der Waals surface area contributed by atoms with Crippen molar-refractivity contribution < 1.29 is 4.39 Å². The quantitative estimate of drug-likeness (QED) is 0.804. The van der Waals surface area contributed by atoms with Crippen LogP contribution in [0.15, 0.2) is 24.4 Å². The Balaban J connectivity index is 2.25. The van der Waals surface area contributed by atoms with Gasteiger partial charge in [0.25, 0.3) is 0 Å². The fourth-order valence-corrected chi connectivity index (χ4v) is 2.30. The van der Waals surface area contributed by atoms with Crippen molar-refractivity contribution in [3.8, 4) is 0 Å². The van der Waals surface area contributed by atoms with Gasteiger partial charge in [0.1, 0.15) is 17.5 Å². The number of aromatic nitrogens is 2. The van der Waals surface area contributed by atoms with Gasteiger partial charge in [0.05, 0.1) is 3.57 Å². The summed E-state index contributed by atoms with van der Waals surface area (Å²) in [6.45, 7) is 2.80. The monoisotopic (exact) mass is 391 g/mol. The van der Waals surface area contributed by atoms with E-state index in [1.807, 2.05) is 6.92 Å². The molecule has 3 nitrogen and oxygen atoms in total. The first kappa shape index (κ1) is 14.5. The summed E-state index contributed by atoms with van der Waals surface area (Å²) in [7, 11) is 0. The van der Waals surface area contributed by atoms with Crippen LogP contribution in [0.4, 0.5) is 10.2 Å². The number of nitrogens with one attached hydrogen (secondary N) is 1. The maximum Gasteiger partial charge on any atom is 0.143 e. The lowest BCUT2D eigenvalue weighted by molar-refractivity contribution is 0.627. The first-order valence-electron chi connectivity index (χ1n) is 5.79. The first-order chi connectivity index (χ1) is 9.10. The van der Waals surface area contributed by atoms with Crippen molar-refractivity contribution in [2.24, 2.45) is 0 Å².